The van der Waals surface area contributed by atoms with Crippen molar-refractivity contribution in [2.24, 2.45) is 0 Å². The van der Waals surface area contributed by atoms with Crippen molar-refractivity contribution < 1.29 is 0 Å². The van der Waals surface area contributed by atoms with E-state index < -0.39 is 0 Å². The Morgan fingerprint density at radius 3 is 2.82 bits per heavy atom. The number of halogens is 2. The molecule has 1 aromatic heterocycles. The smallest absolute Gasteiger partial charge is 0.0701 e. The Labute approximate surface area is 113 Å². The summed E-state index contributed by atoms with van der Waals surface area (Å²) in [5.41, 5.74) is 1.71. The first-order chi connectivity index (χ1) is 8.11. The van der Waals surface area contributed by atoms with Gasteiger partial charge >= 0.3 is 0 Å². The third-order valence-electron chi connectivity index (χ3n) is 2.46. The van der Waals surface area contributed by atoms with Gasteiger partial charge in [0, 0.05) is 11.2 Å². The summed E-state index contributed by atoms with van der Waals surface area (Å²) in [6, 6.07) is 7.74. The molecular weight excluding hydrogens is 302 g/mol. The third-order valence-corrected chi connectivity index (χ3v) is 3.20. The molecule has 2 aromatic rings. The van der Waals surface area contributed by atoms with E-state index in [1.54, 1.807) is 10.9 Å². The van der Waals surface area contributed by atoms with Crippen LogP contribution in [0.1, 0.15) is 18.4 Å². The van der Waals surface area contributed by atoms with Gasteiger partial charge in [-0.05, 0) is 40.5 Å². The zero-order chi connectivity index (χ0) is 12.4. The van der Waals surface area contributed by atoms with Crippen molar-refractivity contribution in [2.45, 2.75) is 12.8 Å². The molecule has 17 heavy (non-hydrogen) atoms. The maximum absolute atomic E-state index is 8.87. The first-order valence-electron chi connectivity index (χ1n) is 5.01. The van der Waals surface area contributed by atoms with Crippen LogP contribution in [0.25, 0.3) is 5.69 Å². The number of nitrogens with zero attached hydrogens (tertiary/aromatic N) is 3. The van der Waals surface area contributed by atoms with Crippen LogP contribution in [-0.4, -0.2) is 9.78 Å². The average Bonchev–Trinajstić information content (AvgIpc) is 2.75. The van der Waals surface area contributed by atoms with Crippen LogP contribution in [0.15, 0.2) is 35.1 Å². The van der Waals surface area contributed by atoms with E-state index in [0.717, 1.165) is 15.7 Å². The van der Waals surface area contributed by atoms with Crippen LogP contribution >= 0.6 is 27.5 Å². The summed E-state index contributed by atoms with van der Waals surface area (Å²) in [6.07, 6.45) is 3.55. The highest BCUT2D eigenvalue weighted by molar-refractivity contribution is 9.10. The molecule has 0 aliphatic heterocycles. The van der Waals surface area contributed by atoms with Gasteiger partial charge in [-0.25, -0.2) is 4.68 Å². The highest BCUT2D eigenvalue weighted by atomic mass is 79.9. The van der Waals surface area contributed by atoms with Gasteiger partial charge in [0.1, 0.15) is 0 Å². The van der Waals surface area contributed by atoms with Gasteiger partial charge in [-0.2, -0.15) is 10.4 Å². The third kappa shape index (κ3) is 2.51. The molecule has 0 aliphatic rings. The Hall–Kier alpha value is -1.31. The maximum Gasteiger partial charge on any atom is 0.0701 e. The predicted octanol–water partition coefficient (Wildman–Crippen LogP) is 3.92. The van der Waals surface area contributed by atoms with Gasteiger partial charge < -0.3 is 0 Å². The van der Waals surface area contributed by atoms with Gasteiger partial charge in [-0.3, -0.25) is 0 Å². The Morgan fingerprint density at radius 1 is 1.53 bits per heavy atom. The number of hydrogen-bond acceptors (Lipinski definition) is 2. The Morgan fingerprint density at radius 2 is 2.29 bits per heavy atom. The number of aromatic nitrogens is 2. The lowest BCUT2D eigenvalue weighted by Gasteiger charge is -2.08. The van der Waals surface area contributed by atoms with Gasteiger partial charge in [0.05, 0.1) is 28.3 Å². The van der Waals surface area contributed by atoms with E-state index in [-0.39, 0.29) is 5.92 Å². The molecule has 5 heteroatoms. The fourth-order valence-corrected chi connectivity index (χ4v) is 2.15. The first-order valence-corrected chi connectivity index (χ1v) is 6.18. The van der Waals surface area contributed by atoms with E-state index in [0.29, 0.717) is 5.02 Å². The summed E-state index contributed by atoms with van der Waals surface area (Å²) in [6.45, 7) is 1.82. The molecule has 3 nitrogen and oxygen atoms in total. The van der Waals surface area contributed by atoms with Gasteiger partial charge in [0.2, 0.25) is 0 Å². The highest BCUT2D eigenvalue weighted by Crippen LogP contribution is 2.26. The number of benzene rings is 1. The van der Waals surface area contributed by atoms with Crippen LogP contribution in [0, 0.1) is 11.3 Å². The van der Waals surface area contributed by atoms with Crippen LogP contribution < -0.4 is 0 Å². The first kappa shape index (κ1) is 12.2. The zero-order valence-electron chi connectivity index (χ0n) is 9.06. The van der Waals surface area contributed by atoms with E-state index in [4.69, 9.17) is 16.9 Å². The molecular formula is C12H9BrClN3. The van der Waals surface area contributed by atoms with Crippen molar-refractivity contribution in [1.29, 1.82) is 5.26 Å². The molecule has 0 saturated carbocycles. The molecule has 0 saturated heterocycles. The lowest BCUT2D eigenvalue weighted by molar-refractivity contribution is 0.877. The van der Waals surface area contributed by atoms with E-state index in [9.17, 15) is 0 Å². The average molecular weight is 311 g/mol. The van der Waals surface area contributed by atoms with Crippen LogP contribution in [0.5, 0.6) is 0 Å². The molecule has 2 rings (SSSR count). The standard InChI is InChI=1S/C12H9BrClN3/c1-8(5-15)11-3-2-10(4-12(11)14)17-7-9(13)6-16-17/h2-4,6-8H,1H3. The minimum absolute atomic E-state index is 0.207. The highest BCUT2D eigenvalue weighted by Gasteiger charge is 2.10. The summed E-state index contributed by atoms with van der Waals surface area (Å²) in [5, 5.41) is 13.6. The monoisotopic (exact) mass is 309 g/mol. The van der Waals surface area contributed by atoms with Crippen LogP contribution in [0.4, 0.5) is 0 Å². The van der Waals surface area contributed by atoms with E-state index in [2.05, 4.69) is 27.1 Å². The molecule has 86 valence electrons. The van der Waals surface area contributed by atoms with Crippen LogP contribution in [-0.2, 0) is 0 Å². The van der Waals surface area contributed by atoms with Crippen molar-refractivity contribution in [2.75, 3.05) is 0 Å². The molecule has 0 aliphatic carbocycles. The maximum atomic E-state index is 8.87. The van der Waals surface area contributed by atoms with Crippen molar-refractivity contribution in [3.8, 4) is 11.8 Å². The second-order valence-corrected chi connectivity index (χ2v) is 4.98. The molecule has 0 bridgehead atoms. The topological polar surface area (TPSA) is 41.6 Å². The SMILES string of the molecule is CC(C#N)c1ccc(-n2cc(Br)cn2)cc1Cl. The largest absolute Gasteiger partial charge is 0.240 e. The molecule has 0 amide bonds. The Bertz CT molecular complexity index is 586. The molecule has 1 atom stereocenters. The Kier molecular flexibility index (Phi) is 3.51. The van der Waals surface area contributed by atoms with Gasteiger partial charge in [-0.1, -0.05) is 17.7 Å². The van der Waals surface area contributed by atoms with Crippen LogP contribution in [0.2, 0.25) is 5.02 Å². The van der Waals surface area contributed by atoms with Crippen molar-refractivity contribution >= 4 is 27.5 Å². The zero-order valence-corrected chi connectivity index (χ0v) is 11.4. The van der Waals surface area contributed by atoms with Crippen molar-refractivity contribution in [3.05, 3.63) is 45.7 Å². The minimum Gasteiger partial charge on any atom is -0.240 e. The van der Waals surface area contributed by atoms with E-state index in [1.807, 2.05) is 31.3 Å². The second-order valence-electron chi connectivity index (χ2n) is 3.66. The molecule has 0 radical (unpaired) electrons. The predicted molar refractivity (Wildman–Crippen MR) is 70.3 cm³/mol. The fraction of sp³-hybridized carbons (Fsp3) is 0.167. The van der Waals surface area contributed by atoms with Gasteiger partial charge in [0.15, 0.2) is 0 Å². The summed E-state index contributed by atoms with van der Waals surface area (Å²) in [5.74, 6) is -0.207. The summed E-state index contributed by atoms with van der Waals surface area (Å²) in [4.78, 5) is 0. The van der Waals surface area contributed by atoms with Crippen LogP contribution in [0.3, 0.4) is 0 Å². The molecule has 0 fully saturated rings. The van der Waals surface area contributed by atoms with Crippen molar-refractivity contribution in [3.63, 3.8) is 0 Å². The Balaban J connectivity index is 2.41. The normalized spacial score (nSPS) is 12.1. The quantitative estimate of drug-likeness (QED) is 0.843. The van der Waals surface area contributed by atoms with Gasteiger partial charge in [0.25, 0.3) is 0 Å². The summed E-state index contributed by atoms with van der Waals surface area (Å²) in [7, 11) is 0. The van der Waals surface area contributed by atoms with Gasteiger partial charge in [-0.15, -0.1) is 0 Å². The molecule has 0 N–H and O–H groups in total. The fourth-order valence-electron chi connectivity index (χ4n) is 1.52. The van der Waals surface area contributed by atoms with E-state index in [1.165, 1.54) is 0 Å². The summed E-state index contributed by atoms with van der Waals surface area (Å²) < 4.78 is 2.62. The number of nitriles is 1. The number of rotatable bonds is 2. The lowest BCUT2D eigenvalue weighted by Crippen LogP contribution is -1.97. The molecule has 1 aromatic carbocycles. The minimum atomic E-state index is -0.207. The molecule has 0 spiro atoms. The molecule has 1 unspecified atom stereocenters. The van der Waals surface area contributed by atoms with Crippen molar-refractivity contribution in [1.82, 2.24) is 9.78 Å². The lowest BCUT2D eigenvalue weighted by atomic mass is 10.0. The number of hydrogen-bond donors (Lipinski definition) is 0. The summed E-state index contributed by atoms with van der Waals surface area (Å²) >= 11 is 9.49. The second kappa shape index (κ2) is 4.91. The van der Waals surface area contributed by atoms with E-state index >= 15 is 0 Å². The molecule has 1 heterocycles.